The largest absolute Gasteiger partial charge is 0.469 e. The molecule has 0 amide bonds. The normalized spacial score (nSPS) is 23.0. The monoisotopic (exact) mass is 247 g/mol. The van der Waals surface area contributed by atoms with Crippen LogP contribution >= 0.6 is 0 Å². The summed E-state index contributed by atoms with van der Waals surface area (Å²) in [7, 11) is 0. The first-order valence-corrected chi connectivity index (χ1v) is 6.43. The molecule has 1 aliphatic rings. The molecule has 0 fully saturated rings. The molecule has 96 valence electrons. The number of furan rings is 1. The lowest BCUT2D eigenvalue weighted by Crippen LogP contribution is -2.34. The molecule has 5 heteroatoms. The van der Waals surface area contributed by atoms with Crippen LogP contribution < -0.4 is 0 Å². The van der Waals surface area contributed by atoms with Crippen molar-refractivity contribution in [2.24, 2.45) is 0 Å². The van der Waals surface area contributed by atoms with E-state index in [1.54, 1.807) is 10.9 Å². The van der Waals surface area contributed by atoms with Crippen molar-refractivity contribution in [3.8, 4) is 0 Å². The highest BCUT2D eigenvalue weighted by Crippen LogP contribution is 2.40. The van der Waals surface area contributed by atoms with Gasteiger partial charge in [0.2, 0.25) is 0 Å². The topological polar surface area (TPSA) is 64.1 Å². The minimum atomic E-state index is -1.05. The molecule has 1 N–H and O–H groups in total. The van der Waals surface area contributed by atoms with Gasteiger partial charge in [-0.25, -0.2) is 9.67 Å². The van der Waals surface area contributed by atoms with Crippen LogP contribution in [0.1, 0.15) is 43.3 Å². The number of aryl methyl sites for hydroxylation is 2. The fourth-order valence-electron chi connectivity index (χ4n) is 2.73. The minimum Gasteiger partial charge on any atom is -0.469 e. The van der Waals surface area contributed by atoms with Crippen molar-refractivity contribution in [3.63, 3.8) is 0 Å². The van der Waals surface area contributed by atoms with Gasteiger partial charge in [0.1, 0.15) is 12.1 Å². The van der Waals surface area contributed by atoms with E-state index in [0.29, 0.717) is 12.2 Å². The number of aromatic nitrogens is 3. The number of hydrogen-bond acceptors (Lipinski definition) is 4. The van der Waals surface area contributed by atoms with Crippen LogP contribution in [-0.4, -0.2) is 19.9 Å². The van der Waals surface area contributed by atoms with Gasteiger partial charge >= 0.3 is 0 Å². The van der Waals surface area contributed by atoms with Gasteiger partial charge in [0.15, 0.2) is 11.4 Å². The van der Waals surface area contributed by atoms with Gasteiger partial charge in [-0.1, -0.05) is 6.92 Å². The van der Waals surface area contributed by atoms with E-state index >= 15 is 0 Å². The Labute approximate surface area is 105 Å². The van der Waals surface area contributed by atoms with Gasteiger partial charge in [-0.15, -0.1) is 0 Å². The first-order chi connectivity index (χ1) is 8.75. The van der Waals surface area contributed by atoms with Crippen molar-refractivity contribution in [3.05, 3.63) is 35.8 Å². The van der Waals surface area contributed by atoms with Gasteiger partial charge in [-0.2, -0.15) is 5.10 Å². The maximum absolute atomic E-state index is 11.0. The van der Waals surface area contributed by atoms with Crippen molar-refractivity contribution in [2.75, 3.05) is 0 Å². The molecule has 1 atom stereocenters. The van der Waals surface area contributed by atoms with Crippen LogP contribution in [0.3, 0.4) is 0 Å². The SMILES string of the molecule is CCCn1ncnc1C1(O)CCCc2occc21. The van der Waals surface area contributed by atoms with Gasteiger partial charge in [-0.3, -0.25) is 0 Å². The molecule has 2 aromatic rings. The van der Waals surface area contributed by atoms with Crippen molar-refractivity contribution >= 4 is 0 Å². The number of aliphatic hydroxyl groups is 1. The smallest absolute Gasteiger partial charge is 0.163 e. The Morgan fingerprint density at radius 1 is 1.56 bits per heavy atom. The molecule has 0 spiro atoms. The second-order valence-electron chi connectivity index (χ2n) is 4.78. The van der Waals surface area contributed by atoms with E-state index in [1.165, 1.54) is 6.33 Å². The summed E-state index contributed by atoms with van der Waals surface area (Å²) in [6.45, 7) is 2.85. The number of hydrogen-bond donors (Lipinski definition) is 1. The quantitative estimate of drug-likeness (QED) is 0.899. The Kier molecular flexibility index (Phi) is 2.70. The molecule has 0 saturated heterocycles. The van der Waals surface area contributed by atoms with E-state index in [0.717, 1.165) is 37.1 Å². The Bertz CT molecular complexity index is 546. The van der Waals surface area contributed by atoms with Crippen molar-refractivity contribution in [2.45, 2.75) is 44.8 Å². The molecule has 18 heavy (non-hydrogen) atoms. The predicted octanol–water partition coefficient (Wildman–Crippen LogP) is 1.85. The third kappa shape index (κ3) is 1.58. The Morgan fingerprint density at radius 3 is 3.28 bits per heavy atom. The molecule has 0 radical (unpaired) electrons. The summed E-state index contributed by atoms with van der Waals surface area (Å²) in [6, 6.07) is 1.85. The van der Waals surface area contributed by atoms with Gasteiger partial charge in [0.05, 0.1) is 6.26 Å². The summed E-state index contributed by atoms with van der Waals surface area (Å²) in [6.07, 6.45) is 6.56. The van der Waals surface area contributed by atoms with E-state index in [1.807, 2.05) is 6.07 Å². The Hall–Kier alpha value is -1.62. The second-order valence-corrected chi connectivity index (χ2v) is 4.78. The van der Waals surface area contributed by atoms with Crippen LogP contribution in [0, 0.1) is 0 Å². The molecule has 0 saturated carbocycles. The molecule has 2 aromatic heterocycles. The summed E-state index contributed by atoms with van der Waals surface area (Å²) in [5.41, 5.74) is -0.203. The molecule has 0 aliphatic heterocycles. The third-order valence-corrected chi connectivity index (χ3v) is 3.55. The third-order valence-electron chi connectivity index (χ3n) is 3.55. The van der Waals surface area contributed by atoms with Crippen LogP contribution in [0.25, 0.3) is 0 Å². The Balaban J connectivity index is 2.08. The van der Waals surface area contributed by atoms with Crippen LogP contribution in [-0.2, 0) is 18.6 Å². The zero-order valence-electron chi connectivity index (χ0n) is 10.5. The number of rotatable bonds is 3. The molecular formula is C13H17N3O2. The van der Waals surface area contributed by atoms with Crippen LogP contribution in [0.2, 0.25) is 0 Å². The predicted molar refractivity (Wildman–Crippen MR) is 65.0 cm³/mol. The molecule has 1 aliphatic carbocycles. The minimum absolute atomic E-state index is 0.631. The first kappa shape index (κ1) is 11.5. The van der Waals surface area contributed by atoms with Crippen LogP contribution in [0.4, 0.5) is 0 Å². The summed E-state index contributed by atoms with van der Waals surface area (Å²) in [5, 5.41) is 15.2. The fraction of sp³-hybridized carbons (Fsp3) is 0.538. The highest BCUT2D eigenvalue weighted by atomic mass is 16.3. The van der Waals surface area contributed by atoms with E-state index in [4.69, 9.17) is 4.42 Å². The van der Waals surface area contributed by atoms with Crippen LogP contribution in [0.15, 0.2) is 23.1 Å². The van der Waals surface area contributed by atoms with E-state index < -0.39 is 5.60 Å². The van der Waals surface area contributed by atoms with Crippen LogP contribution in [0.5, 0.6) is 0 Å². The zero-order chi connectivity index (χ0) is 12.6. The van der Waals surface area contributed by atoms with Gasteiger partial charge in [-0.05, 0) is 25.3 Å². The van der Waals surface area contributed by atoms with Crippen molar-refractivity contribution in [1.82, 2.24) is 14.8 Å². The lowest BCUT2D eigenvalue weighted by atomic mass is 9.82. The number of fused-ring (bicyclic) bond motifs is 1. The molecule has 1 unspecified atom stereocenters. The summed E-state index contributed by atoms with van der Waals surface area (Å²) < 4.78 is 7.23. The van der Waals surface area contributed by atoms with Gasteiger partial charge in [0.25, 0.3) is 0 Å². The zero-order valence-corrected chi connectivity index (χ0v) is 10.5. The highest BCUT2D eigenvalue weighted by Gasteiger charge is 2.41. The molecule has 0 aromatic carbocycles. The van der Waals surface area contributed by atoms with Gasteiger partial charge < -0.3 is 9.52 Å². The molecular weight excluding hydrogens is 230 g/mol. The molecule has 3 rings (SSSR count). The molecule has 5 nitrogen and oxygen atoms in total. The summed E-state index contributed by atoms with van der Waals surface area (Å²) >= 11 is 0. The van der Waals surface area contributed by atoms with E-state index in [2.05, 4.69) is 17.0 Å². The summed E-state index contributed by atoms with van der Waals surface area (Å²) in [5.74, 6) is 1.50. The molecule has 2 heterocycles. The standard InChI is InChI=1S/C13H17N3O2/c1-2-7-16-12(14-9-15-16)13(17)6-3-4-11-10(13)5-8-18-11/h5,8-9,17H,2-4,6-7H2,1H3. The maximum atomic E-state index is 11.0. The Morgan fingerprint density at radius 2 is 2.44 bits per heavy atom. The number of nitrogens with zero attached hydrogens (tertiary/aromatic N) is 3. The van der Waals surface area contributed by atoms with E-state index in [-0.39, 0.29) is 0 Å². The lowest BCUT2D eigenvalue weighted by Gasteiger charge is -2.30. The van der Waals surface area contributed by atoms with E-state index in [9.17, 15) is 5.11 Å². The van der Waals surface area contributed by atoms with Crippen molar-refractivity contribution < 1.29 is 9.52 Å². The average Bonchev–Trinajstić information content (AvgIpc) is 2.98. The summed E-state index contributed by atoms with van der Waals surface area (Å²) in [4.78, 5) is 4.27. The highest BCUT2D eigenvalue weighted by molar-refractivity contribution is 5.33. The second kappa shape index (κ2) is 4.24. The molecule has 0 bridgehead atoms. The van der Waals surface area contributed by atoms with Crippen molar-refractivity contribution in [1.29, 1.82) is 0 Å². The van der Waals surface area contributed by atoms with Gasteiger partial charge in [0, 0.05) is 18.5 Å². The lowest BCUT2D eigenvalue weighted by molar-refractivity contribution is 0.0450. The maximum Gasteiger partial charge on any atom is 0.163 e. The first-order valence-electron chi connectivity index (χ1n) is 6.43. The average molecular weight is 247 g/mol. The fourth-order valence-corrected chi connectivity index (χ4v) is 2.73.